The predicted octanol–water partition coefficient (Wildman–Crippen LogP) is 1.56. The fourth-order valence-electron chi connectivity index (χ4n) is 1.86. The van der Waals surface area contributed by atoms with Crippen molar-refractivity contribution in [2.75, 3.05) is 13.1 Å². The molecule has 1 aliphatic heterocycles. The zero-order valence-corrected chi connectivity index (χ0v) is 10.2. The standard InChI is InChI=1S/C11H16N2O2S/c1-10-5-6-11(9-12-10)16(14,15)13-7-3-2-4-8-13/h5-6,9H,2-4,7-8H2,1H3. The van der Waals surface area contributed by atoms with Gasteiger partial charge in [0.2, 0.25) is 10.0 Å². The van der Waals surface area contributed by atoms with E-state index in [4.69, 9.17) is 0 Å². The molecule has 0 aromatic carbocycles. The number of nitrogens with zero attached hydrogens (tertiary/aromatic N) is 2. The van der Waals surface area contributed by atoms with Crippen LogP contribution in [0.5, 0.6) is 0 Å². The van der Waals surface area contributed by atoms with Crippen molar-refractivity contribution in [3.8, 4) is 0 Å². The van der Waals surface area contributed by atoms with E-state index >= 15 is 0 Å². The van der Waals surface area contributed by atoms with Gasteiger partial charge in [-0.15, -0.1) is 0 Å². The van der Waals surface area contributed by atoms with Crippen LogP contribution in [-0.2, 0) is 10.0 Å². The van der Waals surface area contributed by atoms with Gasteiger partial charge in [-0.25, -0.2) is 8.42 Å². The highest BCUT2D eigenvalue weighted by Crippen LogP contribution is 2.19. The minimum atomic E-state index is -3.31. The summed E-state index contributed by atoms with van der Waals surface area (Å²) in [6.45, 7) is 3.11. The number of hydrogen-bond acceptors (Lipinski definition) is 3. The lowest BCUT2D eigenvalue weighted by Gasteiger charge is -2.25. The van der Waals surface area contributed by atoms with Gasteiger partial charge in [-0.3, -0.25) is 4.98 Å². The molecule has 1 aliphatic rings. The fourth-order valence-corrected chi connectivity index (χ4v) is 3.32. The minimum Gasteiger partial charge on any atom is -0.260 e. The molecular weight excluding hydrogens is 224 g/mol. The Morgan fingerprint density at radius 1 is 1.19 bits per heavy atom. The van der Waals surface area contributed by atoms with E-state index in [-0.39, 0.29) is 0 Å². The first-order valence-corrected chi connectivity index (χ1v) is 6.97. The van der Waals surface area contributed by atoms with Crippen LogP contribution in [-0.4, -0.2) is 30.8 Å². The summed E-state index contributed by atoms with van der Waals surface area (Å²) in [5.74, 6) is 0. The van der Waals surface area contributed by atoms with Crippen LogP contribution in [0.3, 0.4) is 0 Å². The highest BCUT2D eigenvalue weighted by molar-refractivity contribution is 7.89. The molecule has 2 heterocycles. The third kappa shape index (κ3) is 2.25. The topological polar surface area (TPSA) is 50.3 Å². The average molecular weight is 240 g/mol. The molecule has 4 nitrogen and oxygen atoms in total. The summed E-state index contributed by atoms with van der Waals surface area (Å²) >= 11 is 0. The maximum Gasteiger partial charge on any atom is 0.244 e. The number of sulfonamides is 1. The first-order valence-electron chi connectivity index (χ1n) is 5.53. The monoisotopic (exact) mass is 240 g/mol. The van der Waals surface area contributed by atoms with Gasteiger partial charge >= 0.3 is 0 Å². The zero-order chi connectivity index (χ0) is 11.6. The Balaban J connectivity index is 2.27. The highest BCUT2D eigenvalue weighted by atomic mass is 32.2. The van der Waals surface area contributed by atoms with Crippen LogP contribution in [0.2, 0.25) is 0 Å². The molecule has 0 saturated carbocycles. The summed E-state index contributed by atoms with van der Waals surface area (Å²) in [6.07, 6.45) is 4.48. The Kier molecular flexibility index (Phi) is 3.25. The quantitative estimate of drug-likeness (QED) is 0.788. The van der Waals surface area contributed by atoms with E-state index in [0.717, 1.165) is 25.0 Å². The molecule has 1 aromatic rings. The number of pyridine rings is 1. The van der Waals surface area contributed by atoms with Crippen molar-refractivity contribution < 1.29 is 8.42 Å². The number of rotatable bonds is 2. The number of aryl methyl sites for hydroxylation is 1. The van der Waals surface area contributed by atoms with Crippen LogP contribution >= 0.6 is 0 Å². The Labute approximate surface area is 96.4 Å². The molecule has 2 rings (SSSR count). The van der Waals surface area contributed by atoms with Crippen LogP contribution in [0.4, 0.5) is 0 Å². The molecule has 0 amide bonds. The molecule has 0 N–H and O–H groups in total. The molecule has 0 atom stereocenters. The van der Waals surface area contributed by atoms with E-state index in [2.05, 4.69) is 4.98 Å². The maximum absolute atomic E-state index is 12.2. The second kappa shape index (κ2) is 4.51. The molecule has 88 valence electrons. The van der Waals surface area contributed by atoms with E-state index in [1.54, 1.807) is 16.4 Å². The van der Waals surface area contributed by atoms with Gasteiger partial charge in [-0.2, -0.15) is 4.31 Å². The van der Waals surface area contributed by atoms with Gasteiger partial charge in [0.15, 0.2) is 0 Å². The van der Waals surface area contributed by atoms with Gasteiger partial charge in [-0.1, -0.05) is 6.42 Å². The van der Waals surface area contributed by atoms with Crippen molar-refractivity contribution >= 4 is 10.0 Å². The van der Waals surface area contributed by atoms with Gasteiger partial charge in [0.05, 0.1) is 0 Å². The van der Waals surface area contributed by atoms with E-state index in [9.17, 15) is 8.42 Å². The zero-order valence-electron chi connectivity index (χ0n) is 9.39. The third-order valence-electron chi connectivity index (χ3n) is 2.84. The summed E-state index contributed by atoms with van der Waals surface area (Å²) in [5.41, 5.74) is 0.831. The molecule has 1 saturated heterocycles. The van der Waals surface area contributed by atoms with E-state index in [1.165, 1.54) is 6.20 Å². The van der Waals surface area contributed by atoms with Gasteiger partial charge in [0.1, 0.15) is 4.90 Å². The first kappa shape index (κ1) is 11.5. The molecule has 5 heteroatoms. The van der Waals surface area contributed by atoms with Crippen molar-refractivity contribution in [3.05, 3.63) is 24.0 Å². The Hall–Kier alpha value is -0.940. The van der Waals surface area contributed by atoms with Crippen LogP contribution in [0, 0.1) is 6.92 Å². The second-order valence-corrected chi connectivity index (χ2v) is 6.04. The number of hydrogen-bond donors (Lipinski definition) is 0. The highest BCUT2D eigenvalue weighted by Gasteiger charge is 2.25. The van der Waals surface area contributed by atoms with Crippen molar-refractivity contribution in [1.29, 1.82) is 0 Å². The molecule has 16 heavy (non-hydrogen) atoms. The Morgan fingerprint density at radius 2 is 1.88 bits per heavy atom. The summed E-state index contributed by atoms with van der Waals surface area (Å²) in [5, 5.41) is 0. The normalized spacial score (nSPS) is 18.6. The largest absolute Gasteiger partial charge is 0.260 e. The lowest BCUT2D eigenvalue weighted by molar-refractivity contribution is 0.346. The Morgan fingerprint density at radius 3 is 2.44 bits per heavy atom. The molecular formula is C11H16N2O2S. The van der Waals surface area contributed by atoms with Crippen LogP contribution < -0.4 is 0 Å². The Bertz CT molecular complexity index is 447. The number of aromatic nitrogens is 1. The van der Waals surface area contributed by atoms with Crippen LogP contribution in [0.1, 0.15) is 25.0 Å². The van der Waals surface area contributed by atoms with E-state index < -0.39 is 10.0 Å². The summed E-state index contributed by atoms with van der Waals surface area (Å²) in [4.78, 5) is 4.34. The first-order chi connectivity index (χ1) is 7.60. The number of piperidine rings is 1. The molecule has 0 unspecified atom stereocenters. The fraction of sp³-hybridized carbons (Fsp3) is 0.545. The lowest BCUT2D eigenvalue weighted by Crippen LogP contribution is -2.35. The van der Waals surface area contributed by atoms with Crippen molar-refractivity contribution in [3.63, 3.8) is 0 Å². The van der Waals surface area contributed by atoms with Gasteiger partial charge in [0.25, 0.3) is 0 Å². The molecule has 0 aliphatic carbocycles. The van der Waals surface area contributed by atoms with Gasteiger partial charge in [0, 0.05) is 25.0 Å². The summed E-state index contributed by atoms with van der Waals surface area (Å²) in [7, 11) is -3.31. The second-order valence-electron chi connectivity index (χ2n) is 4.10. The van der Waals surface area contributed by atoms with Gasteiger partial charge in [-0.05, 0) is 31.9 Å². The van der Waals surface area contributed by atoms with Crippen molar-refractivity contribution in [2.45, 2.75) is 31.1 Å². The van der Waals surface area contributed by atoms with Crippen molar-refractivity contribution in [2.24, 2.45) is 0 Å². The van der Waals surface area contributed by atoms with Crippen LogP contribution in [0.25, 0.3) is 0 Å². The van der Waals surface area contributed by atoms with Gasteiger partial charge < -0.3 is 0 Å². The van der Waals surface area contributed by atoms with E-state index in [1.807, 2.05) is 6.92 Å². The molecule has 1 aromatic heterocycles. The lowest BCUT2D eigenvalue weighted by atomic mass is 10.2. The predicted molar refractivity (Wildman–Crippen MR) is 61.6 cm³/mol. The smallest absolute Gasteiger partial charge is 0.244 e. The van der Waals surface area contributed by atoms with Crippen molar-refractivity contribution in [1.82, 2.24) is 9.29 Å². The minimum absolute atomic E-state index is 0.306. The molecule has 0 bridgehead atoms. The average Bonchev–Trinajstić information content (AvgIpc) is 2.31. The molecule has 0 radical (unpaired) electrons. The molecule has 0 spiro atoms. The molecule has 1 fully saturated rings. The third-order valence-corrected chi connectivity index (χ3v) is 4.72. The SMILES string of the molecule is Cc1ccc(S(=O)(=O)N2CCCCC2)cn1. The van der Waals surface area contributed by atoms with E-state index in [0.29, 0.717) is 18.0 Å². The maximum atomic E-state index is 12.2. The summed E-state index contributed by atoms with van der Waals surface area (Å²) < 4.78 is 25.9. The van der Waals surface area contributed by atoms with Crippen LogP contribution in [0.15, 0.2) is 23.2 Å². The summed E-state index contributed by atoms with van der Waals surface area (Å²) in [6, 6.07) is 3.36.